The van der Waals surface area contributed by atoms with Crippen molar-refractivity contribution in [3.63, 3.8) is 0 Å². The van der Waals surface area contributed by atoms with E-state index >= 15 is 0 Å². The smallest absolute Gasteiger partial charge is 0.303 e. The molecule has 0 unspecified atom stereocenters. The summed E-state index contributed by atoms with van der Waals surface area (Å²) in [6.45, 7) is 0. The molecule has 2 aromatic rings. The molecular weight excluding hydrogens is 262 g/mol. The summed E-state index contributed by atoms with van der Waals surface area (Å²) in [6, 6.07) is 9.17. The molecule has 96 valence electrons. The molecule has 5 nitrogen and oxygen atoms in total. The first-order chi connectivity index (χ1) is 9.17. The van der Waals surface area contributed by atoms with Crippen molar-refractivity contribution in [3.05, 3.63) is 40.9 Å². The zero-order chi connectivity index (χ0) is 13.7. The second-order valence-corrected chi connectivity index (χ2v) is 4.71. The van der Waals surface area contributed by atoms with Gasteiger partial charge in [-0.1, -0.05) is 6.07 Å². The van der Waals surface area contributed by atoms with Gasteiger partial charge >= 0.3 is 5.97 Å². The second kappa shape index (κ2) is 5.98. The van der Waals surface area contributed by atoms with Crippen molar-refractivity contribution in [1.29, 1.82) is 5.26 Å². The zero-order valence-corrected chi connectivity index (χ0v) is 10.8. The van der Waals surface area contributed by atoms with Crippen LogP contribution >= 0.6 is 11.3 Å². The highest BCUT2D eigenvalue weighted by Crippen LogP contribution is 2.22. The predicted molar refractivity (Wildman–Crippen MR) is 72.5 cm³/mol. The molecule has 0 aliphatic rings. The molecule has 2 N–H and O–H groups in total. The number of nitrogens with zero attached hydrogens (tertiary/aromatic N) is 2. The molecule has 19 heavy (non-hydrogen) atoms. The van der Waals surface area contributed by atoms with Crippen LogP contribution in [0.3, 0.4) is 0 Å². The van der Waals surface area contributed by atoms with Crippen molar-refractivity contribution < 1.29 is 9.90 Å². The fraction of sp³-hybridized carbons (Fsp3) is 0.154. The van der Waals surface area contributed by atoms with Gasteiger partial charge in [0.1, 0.15) is 0 Å². The Hall–Kier alpha value is -2.39. The van der Waals surface area contributed by atoms with E-state index in [1.807, 2.05) is 11.4 Å². The van der Waals surface area contributed by atoms with Crippen molar-refractivity contribution in [3.8, 4) is 6.07 Å². The quantitative estimate of drug-likeness (QED) is 0.874. The number of aliphatic carboxylic acids is 1. The predicted octanol–water partition coefficient (Wildman–Crippen LogP) is 2.78. The van der Waals surface area contributed by atoms with Crippen molar-refractivity contribution >= 4 is 28.1 Å². The van der Waals surface area contributed by atoms with E-state index in [0.717, 1.165) is 11.4 Å². The maximum absolute atomic E-state index is 10.5. The van der Waals surface area contributed by atoms with Gasteiger partial charge in [-0.25, -0.2) is 4.98 Å². The van der Waals surface area contributed by atoms with Crippen LogP contribution in [0.4, 0.5) is 10.8 Å². The number of carboxylic acids is 1. The van der Waals surface area contributed by atoms with E-state index in [1.54, 1.807) is 18.2 Å². The van der Waals surface area contributed by atoms with E-state index in [2.05, 4.69) is 16.4 Å². The first-order valence-electron chi connectivity index (χ1n) is 5.61. The zero-order valence-electron chi connectivity index (χ0n) is 9.96. The summed E-state index contributed by atoms with van der Waals surface area (Å²) in [5, 5.41) is 23.0. The number of thiazole rings is 1. The molecule has 1 aromatic heterocycles. The molecule has 0 amide bonds. The number of nitriles is 1. The number of rotatable bonds is 5. The SMILES string of the molecule is N#Cc1cccc(Nc2nc(CCC(=O)O)cs2)c1. The maximum Gasteiger partial charge on any atom is 0.303 e. The molecule has 0 spiro atoms. The van der Waals surface area contributed by atoms with Crippen LogP contribution in [0.5, 0.6) is 0 Å². The number of hydrogen-bond acceptors (Lipinski definition) is 5. The van der Waals surface area contributed by atoms with Crippen molar-refractivity contribution in [1.82, 2.24) is 4.98 Å². The second-order valence-electron chi connectivity index (χ2n) is 3.86. The van der Waals surface area contributed by atoms with Crippen LogP contribution < -0.4 is 5.32 Å². The average molecular weight is 273 g/mol. The molecule has 0 fully saturated rings. The summed E-state index contributed by atoms with van der Waals surface area (Å²) in [4.78, 5) is 14.8. The lowest BCUT2D eigenvalue weighted by atomic mass is 10.2. The summed E-state index contributed by atoms with van der Waals surface area (Å²) in [6.07, 6.45) is 0.499. The minimum Gasteiger partial charge on any atom is -0.481 e. The number of anilines is 2. The normalized spacial score (nSPS) is 9.84. The molecule has 1 aromatic carbocycles. The van der Waals surface area contributed by atoms with Crippen LogP contribution in [-0.2, 0) is 11.2 Å². The van der Waals surface area contributed by atoms with Crippen molar-refractivity contribution in [2.45, 2.75) is 12.8 Å². The van der Waals surface area contributed by atoms with Crippen LogP contribution in [0.2, 0.25) is 0 Å². The fourth-order valence-electron chi connectivity index (χ4n) is 1.50. The summed E-state index contributed by atoms with van der Waals surface area (Å²) in [5.41, 5.74) is 2.12. The summed E-state index contributed by atoms with van der Waals surface area (Å²) in [7, 11) is 0. The standard InChI is InChI=1S/C13H11N3O2S/c14-7-9-2-1-3-10(6-9)15-13-16-11(8-19-13)4-5-12(17)18/h1-3,6,8H,4-5H2,(H,15,16)(H,17,18). The van der Waals surface area contributed by atoms with Gasteiger partial charge in [-0.3, -0.25) is 4.79 Å². The lowest BCUT2D eigenvalue weighted by Crippen LogP contribution is -1.98. The summed E-state index contributed by atoms with van der Waals surface area (Å²) in [5.74, 6) is -0.829. The first kappa shape index (κ1) is 13.1. The largest absolute Gasteiger partial charge is 0.481 e. The summed E-state index contributed by atoms with van der Waals surface area (Å²) < 4.78 is 0. The third kappa shape index (κ3) is 3.79. The van der Waals surface area contributed by atoms with Crippen LogP contribution in [0.15, 0.2) is 29.6 Å². The van der Waals surface area contributed by atoms with Crippen molar-refractivity contribution in [2.75, 3.05) is 5.32 Å². The summed E-state index contributed by atoms with van der Waals surface area (Å²) >= 11 is 1.41. The number of benzene rings is 1. The number of aromatic nitrogens is 1. The van der Waals surface area contributed by atoms with Gasteiger partial charge in [0.2, 0.25) is 0 Å². The van der Waals surface area contributed by atoms with Gasteiger partial charge in [0.25, 0.3) is 0 Å². The van der Waals surface area contributed by atoms with Gasteiger partial charge in [0, 0.05) is 17.5 Å². The Kier molecular flexibility index (Phi) is 4.11. The molecule has 2 rings (SSSR count). The van der Waals surface area contributed by atoms with E-state index in [0.29, 0.717) is 17.1 Å². The Morgan fingerprint density at radius 2 is 2.37 bits per heavy atom. The van der Waals surface area contributed by atoms with E-state index in [4.69, 9.17) is 10.4 Å². The number of carbonyl (C=O) groups is 1. The minimum absolute atomic E-state index is 0.0765. The molecule has 0 atom stereocenters. The third-order valence-corrected chi connectivity index (χ3v) is 3.20. The molecular formula is C13H11N3O2S. The highest BCUT2D eigenvalue weighted by Gasteiger charge is 2.05. The van der Waals surface area contributed by atoms with Gasteiger partial charge in [0.15, 0.2) is 5.13 Å². The van der Waals surface area contributed by atoms with E-state index in [9.17, 15) is 4.79 Å². The molecule has 0 saturated carbocycles. The average Bonchev–Trinajstić information content (AvgIpc) is 2.84. The maximum atomic E-state index is 10.5. The van der Waals surface area contributed by atoms with Gasteiger partial charge in [0.05, 0.1) is 23.7 Å². The molecule has 6 heteroatoms. The Labute approximate surface area is 114 Å². The molecule has 0 aliphatic heterocycles. The molecule has 0 radical (unpaired) electrons. The molecule has 1 heterocycles. The highest BCUT2D eigenvalue weighted by molar-refractivity contribution is 7.13. The van der Waals surface area contributed by atoms with Gasteiger partial charge in [-0.2, -0.15) is 5.26 Å². The Morgan fingerprint density at radius 1 is 1.53 bits per heavy atom. The Bertz CT molecular complexity index is 631. The topological polar surface area (TPSA) is 86.0 Å². The van der Waals surface area contributed by atoms with Gasteiger partial charge in [-0.05, 0) is 18.2 Å². The van der Waals surface area contributed by atoms with Crippen LogP contribution in [0.25, 0.3) is 0 Å². The van der Waals surface area contributed by atoms with E-state index in [1.165, 1.54) is 11.3 Å². The molecule has 0 bridgehead atoms. The first-order valence-corrected chi connectivity index (χ1v) is 6.49. The number of carboxylic acid groups (broad SMARTS) is 1. The van der Waals surface area contributed by atoms with Crippen LogP contribution in [0.1, 0.15) is 17.7 Å². The van der Waals surface area contributed by atoms with Gasteiger partial charge in [-0.15, -0.1) is 11.3 Å². The third-order valence-electron chi connectivity index (χ3n) is 2.39. The Morgan fingerprint density at radius 3 is 3.11 bits per heavy atom. The molecule has 0 aliphatic carbocycles. The number of aryl methyl sites for hydroxylation is 1. The minimum atomic E-state index is -0.829. The Balaban J connectivity index is 2.03. The monoisotopic (exact) mass is 273 g/mol. The van der Waals surface area contributed by atoms with Gasteiger partial charge < -0.3 is 10.4 Å². The van der Waals surface area contributed by atoms with E-state index in [-0.39, 0.29) is 6.42 Å². The van der Waals surface area contributed by atoms with Crippen molar-refractivity contribution in [2.24, 2.45) is 0 Å². The van der Waals surface area contributed by atoms with E-state index < -0.39 is 5.97 Å². The lowest BCUT2D eigenvalue weighted by molar-refractivity contribution is -0.136. The number of nitrogens with one attached hydrogen (secondary N) is 1. The highest BCUT2D eigenvalue weighted by atomic mass is 32.1. The van der Waals surface area contributed by atoms with Crippen LogP contribution in [-0.4, -0.2) is 16.1 Å². The fourth-order valence-corrected chi connectivity index (χ4v) is 2.27. The van der Waals surface area contributed by atoms with Crippen LogP contribution in [0, 0.1) is 11.3 Å². The molecule has 0 saturated heterocycles. The lowest BCUT2D eigenvalue weighted by Gasteiger charge is -2.01. The number of hydrogen-bond donors (Lipinski definition) is 2.